The highest BCUT2D eigenvalue weighted by Crippen LogP contribution is 2.19. The van der Waals surface area contributed by atoms with Crippen LogP contribution >= 0.6 is 0 Å². The van der Waals surface area contributed by atoms with Crippen molar-refractivity contribution in [1.29, 1.82) is 0 Å². The van der Waals surface area contributed by atoms with Crippen molar-refractivity contribution >= 4 is 17.4 Å². The SMILES string of the molecule is CC(C)(C)c1noc(CCCC(=O)Nc2ccc(N)nc2)n1. The maximum Gasteiger partial charge on any atom is 0.226 e. The van der Waals surface area contributed by atoms with E-state index >= 15 is 0 Å². The summed E-state index contributed by atoms with van der Waals surface area (Å²) in [6, 6.07) is 3.36. The van der Waals surface area contributed by atoms with Crippen LogP contribution < -0.4 is 11.1 Å². The number of anilines is 2. The third-order valence-corrected chi connectivity index (χ3v) is 3.00. The van der Waals surface area contributed by atoms with E-state index in [2.05, 4.69) is 20.4 Å². The molecular formula is C15H21N5O2. The Balaban J connectivity index is 1.77. The first kappa shape index (κ1) is 15.9. The molecule has 0 radical (unpaired) electrons. The first-order valence-electron chi connectivity index (χ1n) is 7.19. The smallest absolute Gasteiger partial charge is 0.226 e. The van der Waals surface area contributed by atoms with Crippen LogP contribution in [0.4, 0.5) is 11.5 Å². The minimum atomic E-state index is -0.138. The third kappa shape index (κ3) is 4.54. The number of carbonyl (C=O) groups is 1. The number of rotatable bonds is 5. The van der Waals surface area contributed by atoms with E-state index in [0.717, 1.165) is 0 Å². The van der Waals surface area contributed by atoms with Gasteiger partial charge in [-0.3, -0.25) is 4.79 Å². The molecule has 2 aromatic rings. The van der Waals surface area contributed by atoms with Crippen LogP contribution in [0.15, 0.2) is 22.9 Å². The maximum absolute atomic E-state index is 11.8. The zero-order valence-corrected chi connectivity index (χ0v) is 13.1. The lowest BCUT2D eigenvalue weighted by molar-refractivity contribution is -0.116. The molecule has 2 aromatic heterocycles. The fourth-order valence-corrected chi connectivity index (χ4v) is 1.76. The molecule has 22 heavy (non-hydrogen) atoms. The number of hydrogen-bond acceptors (Lipinski definition) is 6. The summed E-state index contributed by atoms with van der Waals surface area (Å²) in [5.41, 5.74) is 5.98. The number of carbonyl (C=O) groups excluding carboxylic acids is 1. The summed E-state index contributed by atoms with van der Waals surface area (Å²) >= 11 is 0. The van der Waals surface area contributed by atoms with Crippen molar-refractivity contribution in [2.24, 2.45) is 0 Å². The molecule has 0 saturated heterocycles. The topological polar surface area (TPSA) is 107 Å². The molecule has 0 aromatic carbocycles. The predicted octanol–water partition coefficient (Wildman–Crippen LogP) is 2.31. The van der Waals surface area contributed by atoms with E-state index in [1.165, 1.54) is 6.20 Å². The van der Waals surface area contributed by atoms with Crippen molar-refractivity contribution in [2.45, 2.75) is 45.4 Å². The molecule has 0 atom stereocenters. The van der Waals surface area contributed by atoms with Gasteiger partial charge in [-0.25, -0.2) is 4.98 Å². The summed E-state index contributed by atoms with van der Waals surface area (Å²) in [7, 11) is 0. The fraction of sp³-hybridized carbons (Fsp3) is 0.467. The maximum atomic E-state index is 11.8. The quantitative estimate of drug-likeness (QED) is 0.877. The van der Waals surface area contributed by atoms with E-state index in [1.807, 2.05) is 20.8 Å². The van der Waals surface area contributed by atoms with Crippen LogP contribution in [-0.4, -0.2) is 21.0 Å². The molecule has 0 saturated carbocycles. The van der Waals surface area contributed by atoms with Gasteiger partial charge in [-0.1, -0.05) is 25.9 Å². The Morgan fingerprint density at radius 1 is 1.36 bits per heavy atom. The monoisotopic (exact) mass is 303 g/mol. The van der Waals surface area contributed by atoms with Crippen molar-refractivity contribution in [3.63, 3.8) is 0 Å². The number of nitrogen functional groups attached to an aromatic ring is 1. The van der Waals surface area contributed by atoms with E-state index in [0.29, 0.717) is 42.5 Å². The van der Waals surface area contributed by atoms with E-state index in [-0.39, 0.29) is 11.3 Å². The molecule has 0 spiro atoms. The number of amides is 1. The van der Waals surface area contributed by atoms with Crippen molar-refractivity contribution in [1.82, 2.24) is 15.1 Å². The van der Waals surface area contributed by atoms with Gasteiger partial charge in [-0.2, -0.15) is 4.98 Å². The van der Waals surface area contributed by atoms with Gasteiger partial charge in [-0.15, -0.1) is 0 Å². The Morgan fingerprint density at radius 2 is 2.14 bits per heavy atom. The summed E-state index contributed by atoms with van der Waals surface area (Å²) in [5, 5.41) is 6.72. The largest absolute Gasteiger partial charge is 0.384 e. The van der Waals surface area contributed by atoms with Gasteiger partial charge in [0.1, 0.15) is 5.82 Å². The minimum Gasteiger partial charge on any atom is -0.384 e. The zero-order chi connectivity index (χ0) is 16.2. The van der Waals surface area contributed by atoms with E-state index in [4.69, 9.17) is 10.3 Å². The molecule has 0 aliphatic carbocycles. The number of nitrogens with one attached hydrogen (secondary N) is 1. The van der Waals surface area contributed by atoms with Crippen molar-refractivity contribution in [3.05, 3.63) is 30.0 Å². The predicted molar refractivity (Wildman–Crippen MR) is 83.2 cm³/mol. The molecule has 3 N–H and O–H groups in total. The first-order valence-corrected chi connectivity index (χ1v) is 7.19. The van der Waals surface area contributed by atoms with Crippen LogP contribution in [0.3, 0.4) is 0 Å². The molecule has 2 heterocycles. The van der Waals surface area contributed by atoms with Crippen LogP contribution in [0, 0.1) is 0 Å². The Kier molecular flexibility index (Phi) is 4.75. The summed E-state index contributed by atoms with van der Waals surface area (Å²) in [6.07, 6.45) is 3.12. The van der Waals surface area contributed by atoms with Crippen LogP contribution in [0.2, 0.25) is 0 Å². The van der Waals surface area contributed by atoms with Crippen molar-refractivity contribution in [2.75, 3.05) is 11.1 Å². The summed E-state index contributed by atoms with van der Waals surface area (Å²) in [5.74, 6) is 1.58. The average molecular weight is 303 g/mol. The van der Waals surface area contributed by atoms with Gasteiger partial charge in [0.05, 0.1) is 11.9 Å². The molecule has 2 rings (SSSR count). The van der Waals surface area contributed by atoms with Crippen LogP contribution in [0.1, 0.15) is 45.3 Å². The Hall–Kier alpha value is -2.44. The molecule has 118 valence electrons. The zero-order valence-electron chi connectivity index (χ0n) is 13.1. The molecule has 0 bridgehead atoms. The molecule has 0 unspecified atom stereocenters. The summed E-state index contributed by atoms with van der Waals surface area (Å²) in [6.45, 7) is 6.07. The fourth-order valence-electron chi connectivity index (χ4n) is 1.76. The molecule has 1 amide bonds. The normalized spacial score (nSPS) is 11.4. The Labute approximate surface area is 129 Å². The van der Waals surface area contributed by atoms with Gasteiger partial charge in [-0.05, 0) is 18.6 Å². The number of hydrogen-bond donors (Lipinski definition) is 2. The Bertz CT molecular complexity index is 628. The van der Waals surface area contributed by atoms with Gasteiger partial charge in [0, 0.05) is 18.3 Å². The lowest BCUT2D eigenvalue weighted by Crippen LogP contribution is -2.13. The number of pyridine rings is 1. The minimum absolute atomic E-state index is 0.0814. The highest BCUT2D eigenvalue weighted by molar-refractivity contribution is 5.90. The number of nitrogens with two attached hydrogens (primary N) is 1. The highest BCUT2D eigenvalue weighted by atomic mass is 16.5. The molecule has 0 aliphatic rings. The number of nitrogens with zero attached hydrogens (tertiary/aromatic N) is 3. The van der Waals surface area contributed by atoms with Gasteiger partial charge in [0.15, 0.2) is 5.82 Å². The van der Waals surface area contributed by atoms with Crippen LogP contribution in [0.5, 0.6) is 0 Å². The second-order valence-electron chi connectivity index (χ2n) is 6.14. The highest BCUT2D eigenvalue weighted by Gasteiger charge is 2.20. The number of aromatic nitrogens is 3. The van der Waals surface area contributed by atoms with Crippen molar-refractivity contribution in [3.8, 4) is 0 Å². The summed E-state index contributed by atoms with van der Waals surface area (Å²) < 4.78 is 5.19. The van der Waals surface area contributed by atoms with Gasteiger partial charge in [0.25, 0.3) is 0 Å². The van der Waals surface area contributed by atoms with E-state index in [1.54, 1.807) is 12.1 Å². The average Bonchev–Trinajstić information content (AvgIpc) is 2.90. The van der Waals surface area contributed by atoms with Gasteiger partial charge in [0.2, 0.25) is 11.8 Å². The molecule has 7 nitrogen and oxygen atoms in total. The van der Waals surface area contributed by atoms with Crippen LogP contribution in [0.25, 0.3) is 0 Å². The van der Waals surface area contributed by atoms with E-state index < -0.39 is 0 Å². The lowest BCUT2D eigenvalue weighted by atomic mass is 9.96. The molecule has 0 aliphatic heterocycles. The third-order valence-electron chi connectivity index (χ3n) is 3.00. The van der Waals surface area contributed by atoms with Gasteiger partial charge >= 0.3 is 0 Å². The summed E-state index contributed by atoms with van der Waals surface area (Å²) in [4.78, 5) is 20.1. The molecule has 0 fully saturated rings. The Morgan fingerprint density at radius 3 is 2.73 bits per heavy atom. The lowest BCUT2D eigenvalue weighted by Gasteiger charge is -2.10. The number of aryl methyl sites for hydroxylation is 1. The van der Waals surface area contributed by atoms with E-state index in [9.17, 15) is 4.79 Å². The standard InChI is InChI=1S/C15H21N5O2/c1-15(2,3)14-19-13(22-20-14)6-4-5-12(21)18-10-7-8-11(16)17-9-10/h7-9H,4-6H2,1-3H3,(H2,16,17)(H,18,21). The second kappa shape index (κ2) is 6.55. The second-order valence-corrected chi connectivity index (χ2v) is 6.14. The van der Waals surface area contributed by atoms with Crippen LogP contribution in [-0.2, 0) is 16.6 Å². The molecule has 7 heteroatoms. The van der Waals surface area contributed by atoms with Crippen molar-refractivity contribution < 1.29 is 9.32 Å². The molecular weight excluding hydrogens is 282 g/mol. The van der Waals surface area contributed by atoms with Gasteiger partial charge < -0.3 is 15.6 Å². The first-order chi connectivity index (χ1) is 10.3.